The van der Waals surface area contributed by atoms with Gasteiger partial charge in [-0.3, -0.25) is 14.4 Å². The summed E-state index contributed by atoms with van der Waals surface area (Å²) in [6.07, 6.45) is -0.537. The predicted molar refractivity (Wildman–Crippen MR) is 168 cm³/mol. The molecule has 0 saturated carbocycles. The van der Waals surface area contributed by atoms with Gasteiger partial charge in [-0.05, 0) is 35.1 Å². The fourth-order valence-corrected chi connectivity index (χ4v) is 6.62. The molecule has 4 bridgehead atoms. The topological polar surface area (TPSA) is 181 Å². The Labute approximate surface area is 270 Å². The van der Waals surface area contributed by atoms with Crippen LogP contribution in [0.1, 0.15) is 72.6 Å². The molecule has 13 heteroatoms. The molecule has 0 radical (unpaired) electrons. The largest absolute Gasteiger partial charge is 0.469 e. The molecule has 1 spiro atoms. The molecule has 13 nitrogen and oxygen atoms in total. The van der Waals surface area contributed by atoms with Gasteiger partial charge < -0.3 is 39.9 Å². The molecule has 2 aromatic heterocycles. The summed E-state index contributed by atoms with van der Waals surface area (Å²) in [5, 5.41) is 22.4. The Hall–Kier alpha value is -5.17. The molecular formula is C34H36N6O7. The van der Waals surface area contributed by atoms with Gasteiger partial charge in [0.05, 0.1) is 0 Å². The lowest BCUT2D eigenvalue weighted by atomic mass is 9.72. The maximum atomic E-state index is 14.0. The summed E-state index contributed by atoms with van der Waals surface area (Å²) >= 11 is 0. The van der Waals surface area contributed by atoms with Gasteiger partial charge in [0, 0.05) is 24.7 Å². The second-order valence-electron chi connectivity index (χ2n) is 12.9. The summed E-state index contributed by atoms with van der Waals surface area (Å²) in [4.78, 5) is 48.8. The van der Waals surface area contributed by atoms with Crippen molar-refractivity contribution >= 4 is 23.4 Å². The zero-order valence-electron chi connectivity index (χ0n) is 26.6. The number of nitrogens with one attached hydrogen (secondary N) is 4. The summed E-state index contributed by atoms with van der Waals surface area (Å²) in [5.41, 5.74) is 2.45. The SMILES string of the molecule is CNC(=O)c1coc(-c2nc3oc2C24c5ccccc5N[C@H]2Oc2ccc(cc24)C[C@H](NC(=O)[C@@H](O)C(C)C)C(=O)N[C@H]3C(C)C)n1. The van der Waals surface area contributed by atoms with Gasteiger partial charge in [-0.1, -0.05) is 58.0 Å². The Morgan fingerprint density at radius 2 is 1.85 bits per heavy atom. The second-order valence-corrected chi connectivity index (χ2v) is 12.9. The van der Waals surface area contributed by atoms with Crippen molar-refractivity contribution in [1.29, 1.82) is 0 Å². The van der Waals surface area contributed by atoms with Gasteiger partial charge in [0.15, 0.2) is 23.4 Å². The van der Waals surface area contributed by atoms with Crippen LogP contribution in [-0.2, 0) is 21.4 Å². The first-order valence-corrected chi connectivity index (χ1v) is 15.7. The number of aromatic nitrogens is 2. The number of hydrogen-bond donors (Lipinski definition) is 5. The number of para-hydroxylation sites is 1. The highest BCUT2D eigenvalue weighted by Crippen LogP contribution is 2.59. The van der Waals surface area contributed by atoms with E-state index in [9.17, 15) is 19.5 Å². The van der Waals surface area contributed by atoms with Crippen LogP contribution in [-0.4, -0.2) is 58.2 Å². The van der Waals surface area contributed by atoms with E-state index >= 15 is 0 Å². The number of rotatable bonds is 6. The van der Waals surface area contributed by atoms with E-state index in [0.717, 1.165) is 22.4 Å². The van der Waals surface area contributed by atoms with E-state index in [0.29, 0.717) is 11.5 Å². The van der Waals surface area contributed by atoms with Crippen molar-refractivity contribution < 1.29 is 33.1 Å². The molecule has 3 aliphatic rings. The van der Waals surface area contributed by atoms with Crippen molar-refractivity contribution in [3.8, 4) is 17.3 Å². The monoisotopic (exact) mass is 640 g/mol. The number of aliphatic hydroxyl groups excluding tert-OH is 1. The molecule has 2 aromatic carbocycles. The minimum Gasteiger partial charge on any atom is -0.469 e. The Kier molecular flexibility index (Phi) is 7.31. The number of ether oxygens (including phenoxy) is 1. The zero-order chi connectivity index (χ0) is 33.2. The van der Waals surface area contributed by atoms with Crippen LogP contribution in [0.3, 0.4) is 0 Å². The molecule has 4 aromatic rings. The average Bonchev–Trinajstić information content (AvgIpc) is 3.83. The fourth-order valence-electron chi connectivity index (χ4n) is 6.62. The van der Waals surface area contributed by atoms with Gasteiger partial charge in [-0.2, -0.15) is 0 Å². The molecule has 3 aliphatic heterocycles. The van der Waals surface area contributed by atoms with Crippen LogP contribution in [0.25, 0.3) is 11.6 Å². The van der Waals surface area contributed by atoms with Gasteiger partial charge in [0.25, 0.3) is 5.91 Å². The number of amides is 3. The minimum atomic E-state index is -1.29. The predicted octanol–water partition coefficient (Wildman–Crippen LogP) is 3.04. The number of fused-ring (bicyclic) bond motifs is 4. The van der Waals surface area contributed by atoms with E-state index in [1.165, 1.54) is 13.3 Å². The Morgan fingerprint density at radius 1 is 1.06 bits per heavy atom. The van der Waals surface area contributed by atoms with Crippen LogP contribution < -0.4 is 26.0 Å². The van der Waals surface area contributed by atoms with Gasteiger partial charge in [0.1, 0.15) is 35.6 Å². The number of hydrogen-bond acceptors (Lipinski definition) is 10. The first kappa shape index (κ1) is 30.5. The van der Waals surface area contributed by atoms with Crippen LogP contribution in [0.15, 0.2) is 57.6 Å². The summed E-state index contributed by atoms with van der Waals surface area (Å²) in [7, 11) is 1.50. The van der Waals surface area contributed by atoms with Gasteiger partial charge >= 0.3 is 0 Å². The number of nitrogens with zero attached hydrogens (tertiary/aromatic N) is 2. The lowest BCUT2D eigenvalue weighted by molar-refractivity contribution is -0.135. The Balaban J connectivity index is 1.48. The van der Waals surface area contributed by atoms with Crippen molar-refractivity contribution in [3.63, 3.8) is 0 Å². The fraction of sp³-hybridized carbons (Fsp3) is 0.382. The number of benzene rings is 2. The molecule has 5 heterocycles. The normalized spacial score (nSPS) is 23.1. The third-order valence-corrected chi connectivity index (χ3v) is 9.12. The minimum absolute atomic E-state index is 0.0622. The lowest BCUT2D eigenvalue weighted by Gasteiger charge is -2.29. The highest BCUT2D eigenvalue weighted by molar-refractivity contribution is 5.92. The van der Waals surface area contributed by atoms with Gasteiger partial charge in [0.2, 0.25) is 23.6 Å². The molecule has 7 rings (SSSR count). The molecule has 5 N–H and O–H groups in total. The van der Waals surface area contributed by atoms with Gasteiger partial charge in [-0.15, -0.1) is 0 Å². The highest BCUT2D eigenvalue weighted by Gasteiger charge is 2.61. The third-order valence-electron chi connectivity index (χ3n) is 9.12. The molecule has 3 amide bonds. The molecule has 47 heavy (non-hydrogen) atoms. The quantitative estimate of drug-likeness (QED) is 0.210. The molecule has 1 unspecified atom stereocenters. The standard InChI is InChI=1S/C34H36N6O7/c1-15(2)24-32-40-25(31-37-22(14-45-31)28(42)35-5)27(47-32)34-18-8-6-7-9-20(18)38-33(34)46-23-11-10-17(12-19(23)34)13-21(29(43)39-24)36-30(44)26(41)16(3)4/h6-12,14-16,21,24,26,33,38,41H,13H2,1-5H3,(H,35,42)(H,36,44)(H,39,43)/t21-,24-,26-,33-,34?/m0/s1. The smallest absolute Gasteiger partial charge is 0.272 e. The van der Waals surface area contributed by atoms with Gasteiger partial charge in [-0.25, -0.2) is 9.97 Å². The van der Waals surface area contributed by atoms with E-state index in [1.807, 2.05) is 56.3 Å². The Bertz CT molecular complexity index is 1900. The van der Waals surface area contributed by atoms with Crippen molar-refractivity contribution in [3.05, 3.63) is 82.8 Å². The first-order valence-electron chi connectivity index (χ1n) is 15.7. The van der Waals surface area contributed by atoms with E-state index in [1.54, 1.807) is 13.8 Å². The van der Waals surface area contributed by atoms with E-state index in [-0.39, 0.29) is 41.4 Å². The summed E-state index contributed by atoms with van der Waals surface area (Å²) in [6.45, 7) is 7.29. The first-order chi connectivity index (χ1) is 22.5. The maximum Gasteiger partial charge on any atom is 0.272 e. The van der Waals surface area contributed by atoms with E-state index in [4.69, 9.17) is 18.6 Å². The van der Waals surface area contributed by atoms with Crippen molar-refractivity contribution in [2.75, 3.05) is 12.4 Å². The zero-order valence-corrected chi connectivity index (χ0v) is 26.6. The molecule has 0 fully saturated rings. The van der Waals surface area contributed by atoms with Crippen LogP contribution in [0, 0.1) is 11.8 Å². The van der Waals surface area contributed by atoms with Crippen LogP contribution in [0.2, 0.25) is 0 Å². The molecule has 244 valence electrons. The van der Waals surface area contributed by atoms with Crippen LogP contribution in [0.4, 0.5) is 5.69 Å². The molecule has 0 saturated heterocycles. The maximum absolute atomic E-state index is 14.0. The number of aliphatic hydroxyl groups is 1. The molecular weight excluding hydrogens is 604 g/mol. The average molecular weight is 641 g/mol. The number of anilines is 1. The van der Waals surface area contributed by atoms with Crippen LogP contribution >= 0.6 is 0 Å². The van der Waals surface area contributed by atoms with Crippen molar-refractivity contribution in [2.24, 2.45) is 11.8 Å². The third kappa shape index (κ3) is 4.75. The number of oxazole rings is 2. The number of carbonyl (C=O) groups is 3. The Morgan fingerprint density at radius 3 is 2.60 bits per heavy atom. The second kappa shape index (κ2) is 11.3. The van der Waals surface area contributed by atoms with E-state index in [2.05, 4.69) is 26.3 Å². The van der Waals surface area contributed by atoms with Crippen LogP contribution in [0.5, 0.6) is 5.75 Å². The summed E-state index contributed by atoms with van der Waals surface area (Å²) in [6, 6.07) is 11.7. The highest BCUT2D eigenvalue weighted by atomic mass is 16.5. The van der Waals surface area contributed by atoms with Crippen molar-refractivity contribution in [1.82, 2.24) is 25.9 Å². The molecule has 0 aliphatic carbocycles. The molecule has 5 atom stereocenters. The lowest BCUT2D eigenvalue weighted by Crippen LogP contribution is -2.52. The summed E-state index contributed by atoms with van der Waals surface area (Å²) in [5.74, 6) is -0.866. The van der Waals surface area contributed by atoms with E-state index < -0.39 is 47.6 Å². The number of carbonyl (C=O) groups excluding carboxylic acids is 3. The summed E-state index contributed by atoms with van der Waals surface area (Å²) < 4.78 is 19.2. The van der Waals surface area contributed by atoms with Crippen molar-refractivity contribution in [2.45, 2.75) is 63.9 Å².